The van der Waals surface area contributed by atoms with Gasteiger partial charge in [-0.25, -0.2) is 4.98 Å². The van der Waals surface area contributed by atoms with Crippen LogP contribution in [-0.4, -0.2) is 23.6 Å². The minimum Gasteiger partial charge on any atom is -0.368 e. The van der Waals surface area contributed by atoms with Crippen LogP contribution >= 0.6 is 15.9 Å². The summed E-state index contributed by atoms with van der Waals surface area (Å²) in [6, 6.07) is 0. The average Bonchev–Trinajstić information content (AvgIpc) is 2.39. The van der Waals surface area contributed by atoms with Gasteiger partial charge in [-0.15, -0.1) is 0 Å². The number of aromatic nitrogens is 2. The van der Waals surface area contributed by atoms with Crippen molar-refractivity contribution in [3.63, 3.8) is 0 Å². The maximum absolute atomic E-state index is 4.43. The van der Waals surface area contributed by atoms with Crippen LogP contribution in [0.5, 0.6) is 0 Å². The summed E-state index contributed by atoms with van der Waals surface area (Å²) in [4.78, 5) is 8.59. The molecule has 100 valence electrons. The molecule has 0 saturated heterocycles. The van der Waals surface area contributed by atoms with Crippen LogP contribution < -0.4 is 10.6 Å². The molecular formula is C13H21BrN4. The van der Waals surface area contributed by atoms with Gasteiger partial charge in [0.05, 0.1) is 4.47 Å². The highest BCUT2D eigenvalue weighted by atomic mass is 79.9. The van der Waals surface area contributed by atoms with Gasteiger partial charge in [0.25, 0.3) is 0 Å². The number of anilines is 2. The van der Waals surface area contributed by atoms with E-state index in [1.54, 1.807) is 6.20 Å². The highest BCUT2D eigenvalue weighted by Crippen LogP contribution is 2.36. The first-order chi connectivity index (χ1) is 8.63. The zero-order chi connectivity index (χ0) is 13.0. The van der Waals surface area contributed by atoms with Gasteiger partial charge in [-0.2, -0.15) is 4.98 Å². The summed E-state index contributed by atoms with van der Waals surface area (Å²) in [5, 5.41) is 6.42. The molecule has 1 aromatic heterocycles. The molecule has 0 unspecified atom stereocenters. The van der Waals surface area contributed by atoms with E-state index in [0.717, 1.165) is 16.8 Å². The maximum Gasteiger partial charge on any atom is 0.224 e. The summed E-state index contributed by atoms with van der Waals surface area (Å²) in [5.41, 5.74) is 0.405. The van der Waals surface area contributed by atoms with Gasteiger partial charge in [-0.3, -0.25) is 0 Å². The molecule has 1 aromatic rings. The zero-order valence-corrected chi connectivity index (χ0v) is 12.7. The van der Waals surface area contributed by atoms with Crippen molar-refractivity contribution < 1.29 is 0 Å². The Morgan fingerprint density at radius 3 is 2.72 bits per heavy atom. The Bertz CT molecular complexity index is 402. The lowest BCUT2D eigenvalue weighted by Crippen LogP contribution is -2.29. The fraction of sp³-hybridized carbons (Fsp3) is 0.692. The monoisotopic (exact) mass is 312 g/mol. The Hall–Kier alpha value is -0.840. The van der Waals surface area contributed by atoms with E-state index in [4.69, 9.17) is 0 Å². The van der Waals surface area contributed by atoms with Gasteiger partial charge in [0.2, 0.25) is 5.95 Å². The van der Waals surface area contributed by atoms with Crippen LogP contribution in [-0.2, 0) is 0 Å². The molecule has 1 saturated carbocycles. The number of rotatable bonds is 4. The molecule has 0 aliphatic heterocycles. The second kappa shape index (κ2) is 5.87. The van der Waals surface area contributed by atoms with Crippen LogP contribution in [0, 0.1) is 5.41 Å². The van der Waals surface area contributed by atoms with Crippen LogP contribution in [0.2, 0.25) is 0 Å². The van der Waals surface area contributed by atoms with Crippen molar-refractivity contribution in [1.82, 2.24) is 9.97 Å². The lowest BCUT2D eigenvalue weighted by Gasteiger charge is -2.33. The third-order valence-corrected chi connectivity index (χ3v) is 4.29. The van der Waals surface area contributed by atoms with E-state index in [9.17, 15) is 0 Å². The summed E-state index contributed by atoms with van der Waals surface area (Å²) in [6.45, 7) is 3.35. The Morgan fingerprint density at radius 1 is 1.33 bits per heavy atom. The van der Waals surface area contributed by atoms with Crippen LogP contribution in [0.3, 0.4) is 0 Å². The molecule has 1 fully saturated rings. The molecule has 0 spiro atoms. The number of nitrogens with one attached hydrogen (secondary N) is 2. The molecule has 0 bridgehead atoms. The molecule has 1 heterocycles. The van der Waals surface area contributed by atoms with Crippen LogP contribution in [0.25, 0.3) is 0 Å². The molecule has 1 aliphatic carbocycles. The van der Waals surface area contributed by atoms with Gasteiger partial charge >= 0.3 is 0 Å². The Balaban J connectivity index is 2.00. The molecule has 4 nitrogen and oxygen atoms in total. The third kappa shape index (κ3) is 3.34. The summed E-state index contributed by atoms with van der Waals surface area (Å²) in [7, 11) is 1.83. The van der Waals surface area contributed by atoms with Gasteiger partial charge in [0, 0.05) is 19.8 Å². The van der Waals surface area contributed by atoms with Crippen molar-refractivity contribution in [3.8, 4) is 0 Å². The lowest BCUT2D eigenvalue weighted by molar-refractivity contribution is 0.233. The molecule has 0 amide bonds. The smallest absolute Gasteiger partial charge is 0.224 e. The van der Waals surface area contributed by atoms with Crippen LogP contribution in [0.4, 0.5) is 11.8 Å². The number of halogens is 1. The normalized spacial score (nSPS) is 18.4. The third-order valence-electron chi connectivity index (χ3n) is 3.71. The average molecular weight is 313 g/mol. The summed E-state index contributed by atoms with van der Waals surface area (Å²) < 4.78 is 0.918. The van der Waals surface area contributed by atoms with Crippen molar-refractivity contribution in [2.45, 2.75) is 39.0 Å². The first-order valence-electron chi connectivity index (χ1n) is 6.57. The number of hydrogen-bond acceptors (Lipinski definition) is 4. The molecule has 0 radical (unpaired) electrons. The largest absolute Gasteiger partial charge is 0.368 e. The van der Waals surface area contributed by atoms with Crippen molar-refractivity contribution in [1.29, 1.82) is 0 Å². The predicted octanol–water partition coefficient (Wildman–Crippen LogP) is 3.66. The SMILES string of the molecule is CNc1ncc(Br)c(NCC2(C)CCCCC2)n1. The summed E-state index contributed by atoms with van der Waals surface area (Å²) in [5.74, 6) is 1.52. The Labute approximate surface area is 117 Å². The number of hydrogen-bond donors (Lipinski definition) is 2. The maximum atomic E-state index is 4.43. The van der Waals surface area contributed by atoms with Crippen LogP contribution in [0.15, 0.2) is 10.7 Å². The van der Waals surface area contributed by atoms with Crippen molar-refractivity contribution in [3.05, 3.63) is 10.7 Å². The molecule has 2 rings (SSSR count). The van der Waals surface area contributed by atoms with Gasteiger partial charge in [0.1, 0.15) is 5.82 Å². The Morgan fingerprint density at radius 2 is 2.06 bits per heavy atom. The molecule has 1 aliphatic rings. The van der Waals surface area contributed by atoms with E-state index in [2.05, 4.69) is 43.5 Å². The second-order valence-corrected chi connectivity index (χ2v) is 6.22. The fourth-order valence-electron chi connectivity index (χ4n) is 2.49. The first-order valence-corrected chi connectivity index (χ1v) is 7.36. The molecule has 18 heavy (non-hydrogen) atoms. The van der Waals surface area contributed by atoms with Gasteiger partial charge in [-0.1, -0.05) is 26.2 Å². The van der Waals surface area contributed by atoms with E-state index < -0.39 is 0 Å². The van der Waals surface area contributed by atoms with Crippen molar-refractivity contribution in [2.24, 2.45) is 5.41 Å². The first kappa shape index (κ1) is 13.6. The standard InChI is InChI=1S/C13H21BrN4/c1-13(6-4-3-5-7-13)9-17-11-10(14)8-16-12(15-2)18-11/h8H,3-7,9H2,1-2H3,(H2,15,16,17,18). The molecular weight excluding hydrogens is 292 g/mol. The Kier molecular flexibility index (Phi) is 4.43. The van der Waals surface area contributed by atoms with E-state index in [1.807, 2.05) is 7.05 Å². The van der Waals surface area contributed by atoms with Crippen LogP contribution in [0.1, 0.15) is 39.0 Å². The zero-order valence-electron chi connectivity index (χ0n) is 11.1. The summed E-state index contributed by atoms with van der Waals surface area (Å²) in [6.07, 6.45) is 8.49. The molecule has 0 aromatic carbocycles. The van der Waals surface area contributed by atoms with E-state index in [0.29, 0.717) is 11.4 Å². The van der Waals surface area contributed by atoms with Crippen molar-refractivity contribution >= 4 is 27.7 Å². The van der Waals surface area contributed by atoms with Gasteiger partial charge in [-0.05, 0) is 34.2 Å². The van der Waals surface area contributed by atoms with E-state index in [-0.39, 0.29) is 0 Å². The molecule has 2 N–H and O–H groups in total. The van der Waals surface area contributed by atoms with Gasteiger partial charge < -0.3 is 10.6 Å². The van der Waals surface area contributed by atoms with Crippen molar-refractivity contribution in [2.75, 3.05) is 24.2 Å². The van der Waals surface area contributed by atoms with Gasteiger partial charge in [0.15, 0.2) is 0 Å². The lowest BCUT2D eigenvalue weighted by atomic mass is 9.76. The highest BCUT2D eigenvalue weighted by Gasteiger charge is 2.26. The molecule has 0 atom stereocenters. The van der Waals surface area contributed by atoms with E-state index in [1.165, 1.54) is 32.1 Å². The highest BCUT2D eigenvalue weighted by molar-refractivity contribution is 9.10. The minimum absolute atomic E-state index is 0.405. The van der Waals surface area contributed by atoms with E-state index >= 15 is 0 Å². The fourth-order valence-corrected chi connectivity index (χ4v) is 2.82. The number of nitrogens with zero attached hydrogens (tertiary/aromatic N) is 2. The summed E-state index contributed by atoms with van der Waals surface area (Å²) >= 11 is 3.49. The predicted molar refractivity (Wildman–Crippen MR) is 79.0 cm³/mol. The molecule has 5 heteroatoms. The quantitative estimate of drug-likeness (QED) is 0.890. The second-order valence-electron chi connectivity index (χ2n) is 5.37. The minimum atomic E-state index is 0.405. The topological polar surface area (TPSA) is 49.8 Å².